The van der Waals surface area contributed by atoms with Gasteiger partial charge in [0.1, 0.15) is 23.4 Å². The minimum absolute atomic E-state index is 0.142. The van der Waals surface area contributed by atoms with Gasteiger partial charge in [0, 0.05) is 0 Å². The zero-order valence-electron chi connectivity index (χ0n) is 12.4. The number of aliphatic hydroxyl groups excluding tert-OH is 1. The lowest BCUT2D eigenvalue weighted by Crippen LogP contribution is -2.69. The van der Waals surface area contributed by atoms with Gasteiger partial charge in [-0.25, -0.2) is 0 Å². The lowest BCUT2D eigenvalue weighted by Gasteiger charge is -2.43. The Labute approximate surface area is 132 Å². The monoisotopic (exact) mass is 322 g/mol. The summed E-state index contributed by atoms with van der Waals surface area (Å²) >= 11 is 1.49. The van der Waals surface area contributed by atoms with E-state index < -0.39 is 17.0 Å². The highest BCUT2D eigenvalue weighted by atomic mass is 32.2. The molecule has 2 N–H and O–H groups in total. The predicted molar refractivity (Wildman–Crippen MR) is 82.2 cm³/mol. The number of hydrogen-bond donors (Lipinski definition) is 2. The van der Waals surface area contributed by atoms with Crippen LogP contribution in [0.3, 0.4) is 0 Å². The maximum absolute atomic E-state index is 12.0. The molecule has 3 atom stereocenters. The second-order valence-electron chi connectivity index (χ2n) is 5.88. The molecule has 0 bridgehead atoms. The summed E-state index contributed by atoms with van der Waals surface area (Å²) in [7, 11) is 0. The molecule has 2 fully saturated rings. The van der Waals surface area contributed by atoms with Crippen LogP contribution in [0.2, 0.25) is 0 Å². The van der Waals surface area contributed by atoms with Gasteiger partial charge in [0.05, 0.1) is 4.75 Å². The van der Waals surface area contributed by atoms with Gasteiger partial charge in [-0.2, -0.15) is 0 Å². The lowest BCUT2D eigenvalue weighted by atomic mass is 10.0. The van der Waals surface area contributed by atoms with E-state index >= 15 is 0 Å². The number of hydrogen-bond acceptors (Lipinski definition) is 5. The van der Waals surface area contributed by atoms with Gasteiger partial charge < -0.3 is 15.2 Å². The van der Waals surface area contributed by atoms with Crippen LogP contribution >= 0.6 is 11.8 Å². The number of para-hydroxylation sites is 1. The Bertz CT molecular complexity index is 592. The first-order chi connectivity index (χ1) is 10.4. The summed E-state index contributed by atoms with van der Waals surface area (Å²) in [4.78, 5) is 25.4. The Kier molecular flexibility index (Phi) is 3.78. The Morgan fingerprint density at radius 3 is 2.77 bits per heavy atom. The van der Waals surface area contributed by atoms with Crippen LogP contribution in [-0.4, -0.2) is 50.8 Å². The van der Waals surface area contributed by atoms with Gasteiger partial charge in [0.15, 0.2) is 6.61 Å². The zero-order valence-corrected chi connectivity index (χ0v) is 13.2. The fraction of sp³-hybridized carbons (Fsp3) is 0.467. The first kappa shape index (κ1) is 15.2. The van der Waals surface area contributed by atoms with Crippen LogP contribution in [0.4, 0.5) is 0 Å². The largest absolute Gasteiger partial charge is 0.484 e. The molecule has 2 aliphatic rings. The quantitative estimate of drug-likeness (QED) is 0.792. The number of fused-ring (bicyclic) bond motifs is 1. The third-order valence-electron chi connectivity index (χ3n) is 3.82. The third kappa shape index (κ3) is 2.55. The Morgan fingerprint density at radius 2 is 2.09 bits per heavy atom. The number of ether oxygens (including phenoxy) is 1. The molecule has 3 unspecified atom stereocenters. The van der Waals surface area contributed by atoms with E-state index in [1.165, 1.54) is 16.7 Å². The fourth-order valence-corrected chi connectivity index (χ4v) is 4.10. The van der Waals surface area contributed by atoms with Gasteiger partial charge in [-0.15, -0.1) is 11.8 Å². The van der Waals surface area contributed by atoms with E-state index in [4.69, 9.17) is 4.74 Å². The minimum atomic E-state index is -0.816. The molecular weight excluding hydrogens is 304 g/mol. The van der Waals surface area contributed by atoms with Crippen LogP contribution in [0.5, 0.6) is 5.75 Å². The van der Waals surface area contributed by atoms with Crippen molar-refractivity contribution in [3.05, 3.63) is 30.3 Å². The van der Waals surface area contributed by atoms with E-state index in [1.807, 2.05) is 32.0 Å². The number of aliphatic hydroxyl groups is 1. The second-order valence-corrected chi connectivity index (χ2v) is 7.65. The molecule has 6 nitrogen and oxygen atoms in total. The Hall–Kier alpha value is -1.73. The highest BCUT2D eigenvalue weighted by Crippen LogP contribution is 2.49. The predicted octanol–water partition coefficient (Wildman–Crippen LogP) is 0.562. The smallest absolute Gasteiger partial charge is 0.258 e. The van der Waals surface area contributed by atoms with Crippen LogP contribution in [0.1, 0.15) is 13.8 Å². The number of nitrogens with zero attached hydrogens (tertiary/aromatic N) is 1. The molecule has 2 aliphatic heterocycles. The Balaban J connectivity index is 1.54. The number of β-lactam (4-membered cyclic amide) rings is 1. The fourth-order valence-electron chi connectivity index (χ4n) is 2.59. The van der Waals surface area contributed by atoms with E-state index in [2.05, 4.69) is 5.32 Å². The number of carbonyl (C=O) groups is 2. The molecule has 0 spiro atoms. The summed E-state index contributed by atoms with van der Waals surface area (Å²) in [6.45, 7) is 3.62. The van der Waals surface area contributed by atoms with Gasteiger partial charge >= 0.3 is 0 Å². The van der Waals surface area contributed by atoms with Crippen molar-refractivity contribution < 1.29 is 19.4 Å². The maximum Gasteiger partial charge on any atom is 0.258 e. The molecular formula is C15H18N2O4S. The van der Waals surface area contributed by atoms with Crippen molar-refractivity contribution >= 4 is 23.6 Å². The maximum atomic E-state index is 12.0. The summed E-state index contributed by atoms with van der Waals surface area (Å²) in [6.07, 6.45) is -0.816. The van der Waals surface area contributed by atoms with Crippen molar-refractivity contribution in [3.63, 3.8) is 0 Å². The van der Waals surface area contributed by atoms with Gasteiger partial charge in [-0.1, -0.05) is 18.2 Å². The van der Waals surface area contributed by atoms with Crippen LogP contribution in [0.25, 0.3) is 0 Å². The molecule has 1 aromatic carbocycles. The molecule has 0 aliphatic carbocycles. The standard InChI is InChI=1S/C15H18N2O4S/c1-15(2)14(20)17-12(19)11(13(17)22-15)16-10(18)8-21-9-6-4-3-5-7-9/h3-7,11,13-14,20H,8H2,1-2H3,(H,16,18). The lowest BCUT2D eigenvalue weighted by molar-refractivity contribution is -0.162. The summed E-state index contributed by atoms with van der Waals surface area (Å²) in [5, 5.41) is 12.5. The van der Waals surface area contributed by atoms with Crippen molar-refractivity contribution in [2.45, 2.75) is 36.2 Å². The number of carbonyl (C=O) groups excluding carboxylic acids is 2. The van der Waals surface area contributed by atoms with Gasteiger partial charge in [-0.05, 0) is 26.0 Å². The number of rotatable bonds is 4. The molecule has 2 amide bonds. The van der Waals surface area contributed by atoms with Gasteiger partial charge in [0.25, 0.3) is 11.8 Å². The van der Waals surface area contributed by atoms with Crippen LogP contribution in [-0.2, 0) is 9.59 Å². The highest BCUT2D eigenvalue weighted by Gasteiger charge is 2.61. The van der Waals surface area contributed by atoms with E-state index in [-0.39, 0.29) is 23.8 Å². The molecule has 2 saturated heterocycles. The van der Waals surface area contributed by atoms with E-state index in [9.17, 15) is 14.7 Å². The summed E-state index contributed by atoms with van der Waals surface area (Å²) in [5.41, 5.74) is 0. The van der Waals surface area contributed by atoms with Crippen molar-refractivity contribution in [3.8, 4) is 5.75 Å². The number of benzene rings is 1. The summed E-state index contributed by atoms with van der Waals surface area (Å²) in [5.74, 6) is 0.0105. The van der Waals surface area contributed by atoms with Crippen molar-refractivity contribution in [1.82, 2.24) is 10.2 Å². The SMILES string of the molecule is CC1(C)SC2C(NC(=O)COc3ccccc3)C(=O)N2C1O. The summed E-state index contributed by atoms with van der Waals surface area (Å²) < 4.78 is 4.92. The number of nitrogens with one attached hydrogen (secondary N) is 1. The van der Waals surface area contributed by atoms with Crippen LogP contribution in [0, 0.1) is 0 Å². The second kappa shape index (κ2) is 5.48. The molecule has 118 valence electrons. The van der Waals surface area contributed by atoms with E-state index in [0.717, 1.165) is 0 Å². The van der Waals surface area contributed by atoms with Crippen molar-refractivity contribution in [1.29, 1.82) is 0 Å². The van der Waals surface area contributed by atoms with E-state index in [0.29, 0.717) is 5.75 Å². The van der Waals surface area contributed by atoms with Gasteiger partial charge in [0.2, 0.25) is 0 Å². The van der Waals surface area contributed by atoms with Gasteiger partial charge in [-0.3, -0.25) is 14.5 Å². The molecule has 2 heterocycles. The molecule has 1 aromatic rings. The topological polar surface area (TPSA) is 78.9 Å². The third-order valence-corrected chi connectivity index (χ3v) is 5.38. The number of amides is 2. The van der Waals surface area contributed by atoms with Crippen LogP contribution < -0.4 is 10.1 Å². The minimum Gasteiger partial charge on any atom is -0.484 e. The van der Waals surface area contributed by atoms with Crippen molar-refractivity contribution in [2.24, 2.45) is 0 Å². The average Bonchev–Trinajstić information content (AvgIpc) is 2.71. The number of thioether (sulfide) groups is 1. The van der Waals surface area contributed by atoms with E-state index in [1.54, 1.807) is 12.1 Å². The first-order valence-corrected chi connectivity index (χ1v) is 7.93. The molecule has 0 aromatic heterocycles. The Morgan fingerprint density at radius 1 is 1.41 bits per heavy atom. The average molecular weight is 322 g/mol. The molecule has 7 heteroatoms. The molecule has 22 heavy (non-hydrogen) atoms. The zero-order chi connectivity index (χ0) is 15.9. The summed E-state index contributed by atoms with van der Waals surface area (Å²) in [6, 6.07) is 8.43. The highest BCUT2D eigenvalue weighted by molar-refractivity contribution is 8.01. The molecule has 0 radical (unpaired) electrons. The normalized spacial score (nSPS) is 28.8. The van der Waals surface area contributed by atoms with Crippen molar-refractivity contribution in [2.75, 3.05) is 6.61 Å². The van der Waals surface area contributed by atoms with Crippen LogP contribution in [0.15, 0.2) is 30.3 Å². The first-order valence-electron chi connectivity index (χ1n) is 7.05. The molecule has 0 saturated carbocycles. The molecule has 3 rings (SSSR count).